The Kier molecular flexibility index (Phi) is 5.91. The zero-order chi connectivity index (χ0) is 12.7. The molecule has 1 unspecified atom stereocenters. The van der Waals surface area contributed by atoms with E-state index < -0.39 is 0 Å². The zero-order valence-corrected chi connectivity index (χ0v) is 11.1. The zero-order valence-electron chi connectivity index (χ0n) is 10.3. The Bertz CT molecular complexity index is 368. The van der Waals surface area contributed by atoms with Crippen LogP contribution in [0.2, 0.25) is 0 Å². The Morgan fingerprint density at radius 2 is 2.29 bits per heavy atom. The van der Waals surface area contributed by atoms with E-state index in [0.717, 1.165) is 17.9 Å². The fourth-order valence-corrected chi connectivity index (χ4v) is 2.24. The van der Waals surface area contributed by atoms with E-state index >= 15 is 0 Å². The summed E-state index contributed by atoms with van der Waals surface area (Å²) in [4.78, 5) is 11.8. The molecule has 0 radical (unpaired) electrons. The van der Waals surface area contributed by atoms with Crippen molar-refractivity contribution in [3.05, 3.63) is 29.8 Å². The summed E-state index contributed by atoms with van der Waals surface area (Å²) in [6.45, 7) is 4.12. The van der Waals surface area contributed by atoms with Crippen molar-refractivity contribution in [2.45, 2.75) is 26.3 Å². The van der Waals surface area contributed by atoms with E-state index in [0.29, 0.717) is 5.56 Å². The Morgan fingerprint density at radius 1 is 1.53 bits per heavy atom. The topological polar surface area (TPSA) is 49.3 Å². The number of aromatic hydroxyl groups is 1. The summed E-state index contributed by atoms with van der Waals surface area (Å²) in [5, 5.41) is 12.2. The minimum atomic E-state index is -0.130. The van der Waals surface area contributed by atoms with Crippen molar-refractivity contribution >= 4 is 17.7 Å². The van der Waals surface area contributed by atoms with Crippen molar-refractivity contribution in [2.75, 3.05) is 11.5 Å². The van der Waals surface area contributed by atoms with Crippen LogP contribution in [0.4, 0.5) is 0 Å². The predicted octanol–water partition coefficient (Wildman–Crippen LogP) is 2.65. The maximum absolute atomic E-state index is 11.8. The Balaban J connectivity index is 2.43. The second kappa shape index (κ2) is 7.22. The largest absolute Gasteiger partial charge is 0.508 e. The lowest BCUT2D eigenvalue weighted by molar-refractivity contribution is 0.0939. The molecule has 0 aliphatic heterocycles. The fraction of sp³-hybridized carbons (Fsp3) is 0.462. The molecular weight excluding hydrogens is 234 g/mol. The summed E-state index contributed by atoms with van der Waals surface area (Å²) >= 11 is 1.87. The highest BCUT2D eigenvalue weighted by molar-refractivity contribution is 7.99. The van der Waals surface area contributed by atoms with E-state index in [1.165, 1.54) is 6.07 Å². The number of phenols is 1. The lowest BCUT2D eigenvalue weighted by Crippen LogP contribution is -2.32. The summed E-state index contributed by atoms with van der Waals surface area (Å²) in [5.74, 6) is 2.15. The van der Waals surface area contributed by atoms with Gasteiger partial charge in [-0.25, -0.2) is 0 Å². The first-order valence-corrected chi connectivity index (χ1v) is 6.96. The number of benzene rings is 1. The van der Waals surface area contributed by atoms with Crippen molar-refractivity contribution in [3.63, 3.8) is 0 Å². The molecule has 1 aromatic carbocycles. The van der Waals surface area contributed by atoms with Crippen LogP contribution in [0.1, 0.15) is 30.6 Å². The number of nitrogens with one attached hydrogen (secondary N) is 1. The number of thioether (sulfide) groups is 1. The summed E-state index contributed by atoms with van der Waals surface area (Å²) in [7, 11) is 0. The molecule has 0 saturated carbocycles. The van der Waals surface area contributed by atoms with Crippen LogP contribution < -0.4 is 5.32 Å². The fourth-order valence-electron chi connectivity index (χ4n) is 1.43. The third-order valence-electron chi connectivity index (χ3n) is 2.39. The highest BCUT2D eigenvalue weighted by atomic mass is 32.2. The van der Waals surface area contributed by atoms with Crippen molar-refractivity contribution < 1.29 is 9.90 Å². The quantitative estimate of drug-likeness (QED) is 0.766. The standard InChI is InChI=1S/C13H19NO2S/c1-3-17-8-7-10(2)14-13(16)11-5-4-6-12(15)9-11/h4-6,9-10,15H,3,7-8H2,1-2H3,(H,14,16). The number of amides is 1. The third kappa shape index (κ3) is 5.13. The molecule has 0 spiro atoms. The van der Waals surface area contributed by atoms with Crippen LogP contribution >= 0.6 is 11.8 Å². The molecule has 1 aromatic rings. The molecule has 0 aromatic heterocycles. The first-order chi connectivity index (χ1) is 8.13. The van der Waals surface area contributed by atoms with Gasteiger partial charge in [0.25, 0.3) is 5.91 Å². The number of hydrogen-bond donors (Lipinski definition) is 2. The van der Waals surface area contributed by atoms with Crippen LogP contribution in [0.25, 0.3) is 0 Å². The average Bonchev–Trinajstić information content (AvgIpc) is 2.29. The molecule has 94 valence electrons. The molecule has 0 heterocycles. The van der Waals surface area contributed by atoms with E-state index in [4.69, 9.17) is 0 Å². The Morgan fingerprint density at radius 3 is 2.94 bits per heavy atom. The normalized spacial score (nSPS) is 12.1. The SMILES string of the molecule is CCSCCC(C)NC(=O)c1cccc(O)c1. The molecule has 0 fully saturated rings. The number of rotatable bonds is 6. The van der Waals surface area contributed by atoms with Gasteiger partial charge in [0.15, 0.2) is 0 Å². The highest BCUT2D eigenvalue weighted by Crippen LogP contribution is 2.11. The molecule has 1 atom stereocenters. The molecular formula is C13H19NO2S. The second-order valence-corrected chi connectivity index (χ2v) is 5.30. The van der Waals surface area contributed by atoms with Gasteiger partial charge < -0.3 is 10.4 Å². The first-order valence-electron chi connectivity index (χ1n) is 5.81. The molecule has 0 aliphatic carbocycles. The molecule has 1 rings (SSSR count). The molecule has 0 saturated heterocycles. The van der Waals surface area contributed by atoms with Gasteiger partial charge in [-0.1, -0.05) is 13.0 Å². The molecule has 0 aliphatic rings. The van der Waals surface area contributed by atoms with E-state index in [-0.39, 0.29) is 17.7 Å². The van der Waals surface area contributed by atoms with Gasteiger partial charge >= 0.3 is 0 Å². The van der Waals surface area contributed by atoms with E-state index in [9.17, 15) is 9.90 Å². The van der Waals surface area contributed by atoms with Gasteiger partial charge in [0.2, 0.25) is 0 Å². The molecule has 1 amide bonds. The smallest absolute Gasteiger partial charge is 0.251 e. The monoisotopic (exact) mass is 253 g/mol. The van der Waals surface area contributed by atoms with E-state index in [1.54, 1.807) is 18.2 Å². The summed E-state index contributed by atoms with van der Waals surface area (Å²) in [5.41, 5.74) is 0.500. The van der Waals surface area contributed by atoms with Gasteiger partial charge in [0.05, 0.1) is 0 Å². The maximum atomic E-state index is 11.8. The number of phenolic OH excluding ortho intramolecular Hbond substituents is 1. The van der Waals surface area contributed by atoms with Crippen molar-refractivity contribution in [1.29, 1.82) is 0 Å². The highest BCUT2D eigenvalue weighted by Gasteiger charge is 2.09. The van der Waals surface area contributed by atoms with E-state index in [1.807, 2.05) is 18.7 Å². The second-order valence-electron chi connectivity index (χ2n) is 3.91. The summed E-state index contributed by atoms with van der Waals surface area (Å²) in [6.07, 6.45) is 0.961. The number of carbonyl (C=O) groups is 1. The van der Waals surface area contributed by atoms with Gasteiger partial charge in [-0.2, -0.15) is 11.8 Å². The molecule has 17 heavy (non-hydrogen) atoms. The first kappa shape index (κ1) is 13.9. The van der Waals surface area contributed by atoms with Gasteiger partial charge in [-0.15, -0.1) is 0 Å². The van der Waals surface area contributed by atoms with Crippen molar-refractivity contribution in [2.24, 2.45) is 0 Å². The molecule has 4 heteroatoms. The van der Waals surface area contributed by atoms with Gasteiger partial charge in [-0.05, 0) is 43.0 Å². The van der Waals surface area contributed by atoms with Crippen molar-refractivity contribution in [3.8, 4) is 5.75 Å². The van der Waals surface area contributed by atoms with E-state index in [2.05, 4.69) is 12.2 Å². The average molecular weight is 253 g/mol. The lowest BCUT2D eigenvalue weighted by Gasteiger charge is -2.13. The molecule has 3 nitrogen and oxygen atoms in total. The Hall–Kier alpha value is -1.16. The Labute approximate surface area is 107 Å². The molecule has 0 bridgehead atoms. The van der Waals surface area contributed by atoms with Crippen LogP contribution in [0.5, 0.6) is 5.75 Å². The van der Waals surface area contributed by atoms with Crippen molar-refractivity contribution in [1.82, 2.24) is 5.32 Å². The van der Waals surface area contributed by atoms with Crippen LogP contribution in [0.3, 0.4) is 0 Å². The number of carbonyl (C=O) groups excluding carboxylic acids is 1. The van der Waals surface area contributed by atoms with Crippen LogP contribution in [-0.2, 0) is 0 Å². The van der Waals surface area contributed by atoms with Crippen LogP contribution in [0, 0.1) is 0 Å². The minimum Gasteiger partial charge on any atom is -0.508 e. The predicted molar refractivity (Wildman–Crippen MR) is 72.7 cm³/mol. The lowest BCUT2D eigenvalue weighted by atomic mass is 10.2. The third-order valence-corrected chi connectivity index (χ3v) is 3.32. The van der Waals surface area contributed by atoms with Crippen LogP contribution in [0.15, 0.2) is 24.3 Å². The van der Waals surface area contributed by atoms with Crippen LogP contribution in [-0.4, -0.2) is 28.6 Å². The van der Waals surface area contributed by atoms with Gasteiger partial charge in [-0.3, -0.25) is 4.79 Å². The minimum absolute atomic E-state index is 0.117. The molecule has 2 N–H and O–H groups in total. The van der Waals surface area contributed by atoms with Gasteiger partial charge in [0.1, 0.15) is 5.75 Å². The number of hydrogen-bond acceptors (Lipinski definition) is 3. The summed E-state index contributed by atoms with van der Waals surface area (Å²) in [6, 6.07) is 6.55. The summed E-state index contributed by atoms with van der Waals surface area (Å²) < 4.78 is 0. The van der Waals surface area contributed by atoms with Gasteiger partial charge in [0, 0.05) is 11.6 Å². The maximum Gasteiger partial charge on any atom is 0.251 e.